The summed E-state index contributed by atoms with van der Waals surface area (Å²) in [5.41, 5.74) is 4.12. The SMILES string of the molecule is CC#CCCC(NCC)c1ccc(C)cc1C. The largest absolute Gasteiger partial charge is 0.310 e. The molecular formula is C16H23N. The van der Waals surface area contributed by atoms with E-state index in [2.05, 4.69) is 56.1 Å². The predicted molar refractivity (Wildman–Crippen MR) is 75.0 cm³/mol. The molecule has 0 heterocycles. The zero-order chi connectivity index (χ0) is 12.7. The predicted octanol–water partition coefficient (Wildman–Crippen LogP) is 3.76. The fraction of sp³-hybridized carbons (Fsp3) is 0.500. The molecule has 1 N–H and O–H groups in total. The summed E-state index contributed by atoms with van der Waals surface area (Å²) >= 11 is 0. The van der Waals surface area contributed by atoms with Crippen molar-refractivity contribution < 1.29 is 0 Å². The second-order valence-corrected chi connectivity index (χ2v) is 4.44. The lowest BCUT2D eigenvalue weighted by Gasteiger charge is -2.19. The van der Waals surface area contributed by atoms with Gasteiger partial charge in [-0.05, 0) is 44.9 Å². The highest BCUT2D eigenvalue weighted by atomic mass is 14.9. The number of nitrogens with one attached hydrogen (secondary N) is 1. The van der Waals surface area contributed by atoms with Gasteiger partial charge in [0, 0.05) is 12.5 Å². The Balaban J connectivity index is 2.83. The minimum atomic E-state index is 0.432. The van der Waals surface area contributed by atoms with Gasteiger partial charge in [0.1, 0.15) is 0 Å². The van der Waals surface area contributed by atoms with Crippen LogP contribution in [0.1, 0.15) is 49.4 Å². The standard InChI is InChI=1S/C16H23N/c1-5-7-8-9-16(17-6-2)15-11-10-13(3)12-14(15)4/h10-12,16-17H,6,8-9H2,1-4H3. The molecule has 0 saturated carbocycles. The van der Waals surface area contributed by atoms with Crippen LogP contribution in [0.25, 0.3) is 0 Å². The highest BCUT2D eigenvalue weighted by molar-refractivity contribution is 5.32. The Morgan fingerprint density at radius 1 is 1.29 bits per heavy atom. The Morgan fingerprint density at radius 3 is 2.65 bits per heavy atom. The molecule has 0 spiro atoms. The highest BCUT2D eigenvalue weighted by Gasteiger charge is 2.11. The van der Waals surface area contributed by atoms with Gasteiger partial charge < -0.3 is 5.32 Å². The first kappa shape index (κ1) is 13.8. The Bertz CT molecular complexity index is 409. The molecule has 92 valence electrons. The molecule has 0 amide bonds. The molecule has 0 aliphatic heterocycles. The van der Waals surface area contributed by atoms with Crippen molar-refractivity contribution in [2.24, 2.45) is 0 Å². The minimum absolute atomic E-state index is 0.432. The van der Waals surface area contributed by atoms with Crippen LogP contribution in [0, 0.1) is 25.7 Å². The van der Waals surface area contributed by atoms with Crippen LogP contribution in [-0.2, 0) is 0 Å². The van der Waals surface area contributed by atoms with E-state index < -0.39 is 0 Å². The Hall–Kier alpha value is -1.26. The third-order valence-corrected chi connectivity index (χ3v) is 2.99. The molecular weight excluding hydrogens is 206 g/mol. The molecule has 1 aromatic carbocycles. The first-order valence-corrected chi connectivity index (χ1v) is 6.39. The van der Waals surface area contributed by atoms with Crippen molar-refractivity contribution in [3.05, 3.63) is 34.9 Å². The third-order valence-electron chi connectivity index (χ3n) is 2.99. The lowest BCUT2D eigenvalue weighted by atomic mass is 9.96. The highest BCUT2D eigenvalue weighted by Crippen LogP contribution is 2.22. The zero-order valence-corrected chi connectivity index (χ0v) is 11.4. The van der Waals surface area contributed by atoms with E-state index in [1.54, 1.807) is 0 Å². The van der Waals surface area contributed by atoms with E-state index in [0.717, 1.165) is 19.4 Å². The quantitative estimate of drug-likeness (QED) is 0.758. The lowest BCUT2D eigenvalue weighted by Crippen LogP contribution is -2.21. The van der Waals surface area contributed by atoms with E-state index in [4.69, 9.17) is 0 Å². The van der Waals surface area contributed by atoms with Gasteiger partial charge in [0.15, 0.2) is 0 Å². The van der Waals surface area contributed by atoms with Crippen molar-refractivity contribution in [2.75, 3.05) is 6.54 Å². The van der Waals surface area contributed by atoms with Gasteiger partial charge in [0.25, 0.3) is 0 Å². The van der Waals surface area contributed by atoms with Gasteiger partial charge in [0.2, 0.25) is 0 Å². The smallest absolute Gasteiger partial charge is 0.0331 e. The molecule has 1 unspecified atom stereocenters. The molecule has 0 saturated heterocycles. The minimum Gasteiger partial charge on any atom is -0.310 e. The van der Waals surface area contributed by atoms with Crippen LogP contribution >= 0.6 is 0 Å². The van der Waals surface area contributed by atoms with Crippen molar-refractivity contribution in [1.29, 1.82) is 0 Å². The van der Waals surface area contributed by atoms with Gasteiger partial charge in [-0.25, -0.2) is 0 Å². The molecule has 0 radical (unpaired) electrons. The van der Waals surface area contributed by atoms with Gasteiger partial charge in [-0.2, -0.15) is 0 Å². The normalized spacial score (nSPS) is 11.8. The number of hydrogen-bond donors (Lipinski definition) is 1. The molecule has 0 aromatic heterocycles. The Labute approximate surface area is 106 Å². The maximum atomic E-state index is 3.55. The van der Waals surface area contributed by atoms with Crippen LogP contribution in [0.15, 0.2) is 18.2 Å². The third kappa shape index (κ3) is 4.24. The molecule has 1 rings (SSSR count). The van der Waals surface area contributed by atoms with Gasteiger partial charge in [0.05, 0.1) is 0 Å². The maximum Gasteiger partial charge on any atom is 0.0331 e. The summed E-state index contributed by atoms with van der Waals surface area (Å²) in [6.45, 7) is 9.39. The van der Waals surface area contributed by atoms with Gasteiger partial charge in [-0.3, -0.25) is 0 Å². The molecule has 1 heteroatoms. The maximum absolute atomic E-state index is 3.55. The molecule has 1 aromatic rings. The number of aryl methyl sites for hydroxylation is 2. The Kier molecular flexibility index (Phi) is 5.80. The van der Waals surface area contributed by atoms with E-state index >= 15 is 0 Å². The van der Waals surface area contributed by atoms with Crippen LogP contribution in [0.5, 0.6) is 0 Å². The van der Waals surface area contributed by atoms with Crippen molar-refractivity contribution in [3.63, 3.8) is 0 Å². The van der Waals surface area contributed by atoms with Crippen LogP contribution in [0.3, 0.4) is 0 Å². The summed E-state index contributed by atoms with van der Waals surface area (Å²) in [7, 11) is 0. The van der Waals surface area contributed by atoms with Gasteiger partial charge in [-0.1, -0.05) is 30.7 Å². The van der Waals surface area contributed by atoms with Crippen LogP contribution in [0.2, 0.25) is 0 Å². The second kappa shape index (κ2) is 7.14. The monoisotopic (exact) mass is 229 g/mol. The molecule has 0 bridgehead atoms. The summed E-state index contributed by atoms with van der Waals surface area (Å²) in [6, 6.07) is 7.13. The van der Waals surface area contributed by atoms with Gasteiger partial charge >= 0.3 is 0 Å². The van der Waals surface area contributed by atoms with Crippen LogP contribution in [-0.4, -0.2) is 6.54 Å². The first-order chi connectivity index (χ1) is 8.19. The summed E-state index contributed by atoms with van der Waals surface area (Å²) in [5, 5.41) is 3.55. The number of benzene rings is 1. The van der Waals surface area contributed by atoms with Gasteiger partial charge in [-0.15, -0.1) is 11.8 Å². The molecule has 0 aliphatic carbocycles. The summed E-state index contributed by atoms with van der Waals surface area (Å²) < 4.78 is 0. The average molecular weight is 229 g/mol. The molecule has 0 fully saturated rings. The van der Waals surface area contributed by atoms with E-state index in [0.29, 0.717) is 6.04 Å². The zero-order valence-electron chi connectivity index (χ0n) is 11.4. The molecule has 1 atom stereocenters. The molecule has 1 nitrogen and oxygen atoms in total. The fourth-order valence-electron chi connectivity index (χ4n) is 2.17. The average Bonchev–Trinajstić information content (AvgIpc) is 2.28. The summed E-state index contributed by atoms with van der Waals surface area (Å²) in [4.78, 5) is 0. The lowest BCUT2D eigenvalue weighted by molar-refractivity contribution is 0.520. The van der Waals surface area contributed by atoms with Crippen molar-refractivity contribution in [3.8, 4) is 11.8 Å². The summed E-state index contributed by atoms with van der Waals surface area (Å²) in [5.74, 6) is 6.11. The fourth-order valence-corrected chi connectivity index (χ4v) is 2.17. The van der Waals surface area contributed by atoms with Crippen molar-refractivity contribution in [1.82, 2.24) is 5.32 Å². The van der Waals surface area contributed by atoms with E-state index in [1.807, 2.05) is 6.92 Å². The topological polar surface area (TPSA) is 12.0 Å². The number of rotatable bonds is 5. The van der Waals surface area contributed by atoms with Crippen LogP contribution in [0.4, 0.5) is 0 Å². The van der Waals surface area contributed by atoms with Crippen molar-refractivity contribution >= 4 is 0 Å². The van der Waals surface area contributed by atoms with Crippen LogP contribution < -0.4 is 5.32 Å². The first-order valence-electron chi connectivity index (χ1n) is 6.39. The molecule has 0 aliphatic rings. The van der Waals surface area contributed by atoms with Crippen molar-refractivity contribution in [2.45, 2.75) is 46.6 Å². The Morgan fingerprint density at radius 2 is 2.06 bits per heavy atom. The second-order valence-electron chi connectivity index (χ2n) is 4.44. The summed E-state index contributed by atoms with van der Waals surface area (Å²) in [6.07, 6.45) is 2.04. The van der Waals surface area contributed by atoms with E-state index in [-0.39, 0.29) is 0 Å². The number of hydrogen-bond acceptors (Lipinski definition) is 1. The van der Waals surface area contributed by atoms with E-state index in [9.17, 15) is 0 Å². The molecule has 17 heavy (non-hydrogen) atoms. The van der Waals surface area contributed by atoms with E-state index in [1.165, 1.54) is 16.7 Å².